The molecule has 1 amide bonds. The van der Waals surface area contributed by atoms with Gasteiger partial charge in [-0.25, -0.2) is 0 Å². The molecule has 0 aliphatic heterocycles. The second kappa shape index (κ2) is 7.94. The molecule has 0 fully saturated rings. The summed E-state index contributed by atoms with van der Waals surface area (Å²) in [5.41, 5.74) is 2.15. The van der Waals surface area contributed by atoms with Gasteiger partial charge in [-0.05, 0) is 26.0 Å². The van der Waals surface area contributed by atoms with E-state index in [0.717, 1.165) is 11.3 Å². The van der Waals surface area contributed by atoms with E-state index in [1.54, 1.807) is 30.1 Å². The van der Waals surface area contributed by atoms with Gasteiger partial charge in [0.05, 0.1) is 19.3 Å². The molecule has 0 bridgehead atoms. The molecule has 2 aromatic heterocycles. The van der Waals surface area contributed by atoms with E-state index < -0.39 is 0 Å². The third-order valence-electron chi connectivity index (χ3n) is 4.30. The average molecular weight is 370 g/mol. The number of carbonyl (C=O) groups is 1. The van der Waals surface area contributed by atoms with Gasteiger partial charge in [-0.1, -0.05) is 11.2 Å². The second-order valence-electron chi connectivity index (χ2n) is 6.15. The first kappa shape index (κ1) is 18.5. The molecule has 0 spiro atoms. The van der Waals surface area contributed by atoms with Crippen LogP contribution in [0, 0.1) is 6.92 Å². The predicted octanol–water partition coefficient (Wildman–Crippen LogP) is 2.80. The van der Waals surface area contributed by atoms with Crippen LogP contribution in [0.1, 0.15) is 40.5 Å². The highest BCUT2D eigenvalue weighted by molar-refractivity contribution is 5.92. The minimum atomic E-state index is -0.317. The molecule has 27 heavy (non-hydrogen) atoms. The Labute approximate surface area is 157 Å². The minimum Gasteiger partial charge on any atom is -0.497 e. The Morgan fingerprint density at radius 3 is 2.81 bits per heavy atom. The summed E-state index contributed by atoms with van der Waals surface area (Å²) >= 11 is 0. The maximum Gasteiger partial charge on any atom is 0.273 e. The van der Waals surface area contributed by atoms with Crippen LogP contribution in [0.2, 0.25) is 0 Å². The number of nitrogens with zero attached hydrogens (tertiary/aromatic N) is 3. The number of ether oxygens (including phenoxy) is 2. The van der Waals surface area contributed by atoms with Crippen molar-refractivity contribution in [3.63, 3.8) is 0 Å². The number of methoxy groups -OCH3 is 1. The van der Waals surface area contributed by atoms with Gasteiger partial charge in [0.1, 0.15) is 18.1 Å². The van der Waals surface area contributed by atoms with Gasteiger partial charge in [0.2, 0.25) is 0 Å². The molecule has 8 nitrogen and oxygen atoms in total. The van der Waals surface area contributed by atoms with Crippen molar-refractivity contribution in [2.75, 3.05) is 7.11 Å². The van der Waals surface area contributed by atoms with Gasteiger partial charge in [0.15, 0.2) is 11.5 Å². The standard InChI is InChI=1S/C19H22N4O4/c1-12(17-10-20-23(3)13(17)2)21-19(24)18-9-16(27-22-18)11-26-15-7-5-6-14(8-15)25-4/h5-10,12H,11H2,1-4H3,(H,21,24)/t12-/m1/s1. The Morgan fingerprint density at radius 1 is 1.33 bits per heavy atom. The molecule has 0 aliphatic carbocycles. The SMILES string of the molecule is COc1cccc(OCc2cc(C(=O)N[C@H](C)c3cnn(C)c3C)no2)c1. The number of hydrogen-bond donors (Lipinski definition) is 1. The number of rotatable bonds is 7. The largest absolute Gasteiger partial charge is 0.497 e. The van der Waals surface area contributed by atoms with Gasteiger partial charge in [0, 0.05) is 30.4 Å². The van der Waals surface area contributed by atoms with Crippen molar-refractivity contribution >= 4 is 5.91 Å². The van der Waals surface area contributed by atoms with Crippen LogP contribution in [0.25, 0.3) is 0 Å². The van der Waals surface area contributed by atoms with Crippen LogP contribution in [0.5, 0.6) is 11.5 Å². The van der Waals surface area contributed by atoms with Crippen molar-refractivity contribution in [1.82, 2.24) is 20.3 Å². The summed E-state index contributed by atoms with van der Waals surface area (Å²) in [4.78, 5) is 12.4. The summed E-state index contributed by atoms with van der Waals surface area (Å²) in [5, 5.41) is 10.9. The zero-order valence-electron chi connectivity index (χ0n) is 15.7. The van der Waals surface area contributed by atoms with E-state index in [9.17, 15) is 4.79 Å². The Bertz CT molecular complexity index is 931. The van der Waals surface area contributed by atoms with E-state index in [-0.39, 0.29) is 24.2 Å². The highest BCUT2D eigenvalue weighted by atomic mass is 16.5. The summed E-state index contributed by atoms with van der Waals surface area (Å²) in [6, 6.07) is 8.61. The van der Waals surface area contributed by atoms with Gasteiger partial charge in [0.25, 0.3) is 5.91 Å². The Morgan fingerprint density at radius 2 is 2.11 bits per heavy atom. The molecule has 3 rings (SSSR count). The van der Waals surface area contributed by atoms with E-state index in [1.165, 1.54) is 0 Å². The fraction of sp³-hybridized carbons (Fsp3) is 0.316. The first-order valence-corrected chi connectivity index (χ1v) is 8.49. The van der Waals surface area contributed by atoms with Crippen LogP contribution >= 0.6 is 0 Å². The maximum atomic E-state index is 12.4. The normalized spacial score (nSPS) is 11.9. The monoisotopic (exact) mass is 370 g/mol. The Balaban J connectivity index is 1.59. The molecule has 1 aromatic carbocycles. The second-order valence-corrected chi connectivity index (χ2v) is 6.15. The van der Waals surface area contributed by atoms with Crippen LogP contribution < -0.4 is 14.8 Å². The molecule has 142 valence electrons. The third-order valence-corrected chi connectivity index (χ3v) is 4.30. The molecule has 3 aromatic rings. The number of nitrogens with one attached hydrogen (secondary N) is 1. The summed E-state index contributed by atoms with van der Waals surface area (Å²) in [5.74, 6) is 1.47. The van der Waals surface area contributed by atoms with Crippen molar-refractivity contribution in [3.05, 3.63) is 59.2 Å². The minimum absolute atomic E-state index is 0.157. The Hall–Kier alpha value is -3.29. The molecule has 8 heteroatoms. The summed E-state index contributed by atoms with van der Waals surface area (Å²) in [6.45, 7) is 4.01. The molecule has 0 aliphatic rings. The maximum absolute atomic E-state index is 12.4. The van der Waals surface area contributed by atoms with Crippen LogP contribution in [0.15, 0.2) is 41.1 Å². The first-order chi connectivity index (χ1) is 13.0. The van der Waals surface area contributed by atoms with Crippen molar-refractivity contribution in [2.45, 2.75) is 26.5 Å². The van der Waals surface area contributed by atoms with Crippen molar-refractivity contribution in [3.8, 4) is 11.5 Å². The van der Waals surface area contributed by atoms with Gasteiger partial charge in [-0.15, -0.1) is 0 Å². The number of carbonyl (C=O) groups excluding carboxylic acids is 1. The molecular weight excluding hydrogens is 348 g/mol. The van der Waals surface area contributed by atoms with Crippen LogP contribution in [0.4, 0.5) is 0 Å². The number of benzene rings is 1. The molecule has 1 atom stereocenters. The van der Waals surface area contributed by atoms with Gasteiger partial charge in [-0.3, -0.25) is 9.48 Å². The van der Waals surface area contributed by atoms with Crippen molar-refractivity contribution < 1.29 is 18.8 Å². The van der Waals surface area contributed by atoms with Crippen LogP contribution in [-0.2, 0) is 13.7 Å². The number of aromatic nitrogens is 3. The highest BCUT2D eigenvalue weighted by Gasteiger charge is 2.18. The number of amides is 1. The van der Waals surface area contributed by atoms with E-state index in [0.29, 0.717) is 17.3 Å². The van der Waals surface area contributed by atoms with Gasteiger partial charge >= 0.3 is 0 Å². The Kier molecular flexibility index (Phi) is 5.44. The highest BCUT2D eigenvalue weighted by Crippen LogP contribution is 2.20. The van der Waals surface area contributed by atoms with E-state index >= 15 is 0 Å². The lowest BCUT2D eigenvalue weighted by Crippen LogP contribution is -2.27. The van der Waals surface area contributed by atoms with E-state index in [2.05, 4.69) is 15.6 Å². The summed E-state index contributed by atoms with van der Waals surface area (Å²) < 4.78 is 17.8. The van der Waals surface area contributed by atoms with E-state index in [4.69, 9.17) is 14.0 Å². The van der Waals surface area contributed by atoms with Gasteiger partial charge < -0.3 is 19.3 Å². The van der Waals surface area contributed by atoms with Crippen LogP contribution in [-0.4, -0.2) is 28.0 Å². The zero-order valence-corrected chi connectivity index (χ0v) is 15.7. The molecule has 0 unspecified atom stereocenters. The van der Waals surface area contributed by atoms with Crippen LogP contribution in [0.3, 0.4) is 0 Å². The summed E-state index contributed by atoms with van der Waals surface area (Å²) in [6.07, 6.45) is 1.75. The number of hydrogen-bond acceptors (Lipinski definition) is 6. The fourth-order valence-electron chi connectivity index (χ4n) is 2.62. The quantitative estimate of drug-likeness (QED) is 0.688. The lowest BCUT2D eigenvalue weighted by molar-refractivity contribution is 0.0930. The molecule has 2 heterocycles. The average Bonchev–Trinajstić information content (AvgIpc) is 3.27. The van der Waals surface area contributed by atoms with E-state index in [1.807, 2.05) is 39.1 Å². The fourth-order valence-corrected chi connectivity index (χ4v) is 2.62. The topological polar surface area (TPSA) is 91.4 Å². The predicted molar refractivity (Wildman–Crippen MR) is 97.7 cm³/mol. The molecule has 1 N–H and O–H groups in total. The van der Waals surface area contributed by atoms with Crippen molar-refractivity contribution in [2.24, 2.45) is 7.05 Å². The lowest BCUT2D eigenvalue weighted by atomic mass is 10.1. The molecule has 0 saturated carbocycles. The zero-order chi connectivity index (χ0) is 19.4. The lowest BCUT2D eigenvalue weighted by Gasteiger charge is -2.12. The van der Waals surface area contributed by atoms with Gasteiger partial charge in [-0.2, -0.15) is 5.10 Å². The smallest absolute Gasteiger partial charge is 0.273 e. The summed E-state index contributed by atoms with van der Waals surface area (Å²) in [7, 11) is 3.45. The molecule has 0 saturated heterocycles. The van der Waals surface area contributed by atoms with Crippen molar-refractivity contribution in [1.29, 1.82) is 0 Å². The molecule has 0 radical (unpaired) electrons. The number of aryl methyl sites for hydroxylation is 1. The third kappa shape index (κ3) is 4.28. The first-order valence-electron chi connectivity index (χ1n) is 8.49. The molecular formula is C19H22N4O4.